The molecule has 0 aliphatic heterocycles. The van der Waals surface area contributed by atoms with Crippen molar-refractivity contribution in [2.45, 2.75) is 6.92 Å². The lowest BCUT2D eigenvalue weighted by molar-refractivity contribution is 1.28. The Morgan fingerprint density at radius 2 is 1.89 bits per heavy atom. The molecule has 136 valence electrons. The third-order valence-corrected chi connectivity index (χ3v) is 4.94. The summed E-state index contributed by atoms with van der Waals surface area (Å²) in [5.74, 6) is 0. The normalized spacial score (nSPS) is 11.0. The van der Waals surface area contributed by atoms with E-state index in [-0.39, 0.29) is 0 Å². The molecule has 0 radical (unpaired) electrons. The average molecular weight is 385 g/mol. The highest BCUT2D eigenvalue weighted by Gasteiger charge is 2.11. The van der Waals surface area contributed by atoms with Gasteiger partial charge in [-0.3, -0.25) is 4.98 Å². The highest BCUT2D eigenvalue weighted by atomic mass is 35.5. The second-order valence-corrected chi connectivity index (χ2v) is 6.89. The second kappa shape index (κ2) is 7.59. The molecule has 2 aromatic carbocycles. The molecule has 4 nitrogen and oxygen atoms in total. The number of aryl methyl sites for hydroxylation is 1. The number of nitrogens with zero attached hydrogens (tertiary/aromatic N) is 2. The molecular weight excluding hydrogens is 368 g/mol. The maximum Gasteiger partial charge on any atom is 0.103 e. The van der Waals surface area contributed by atoms with Gasteiger partial charge in [-0.2, -0.15) is 5.26 Å². The lowest BCUT2D eigenvalue weighted by atomic mass is 10.1. The van der Waals surface area contributed by atoms with Gasteiger partial charge >= 0.3 is 0 Å². The lowest BCUT2D eigenvalue weighted by Crippen LogP contribution is -1.99. The maximum atomic E-state index is 9.57. The molecule has 0 aliphatic carbocycles. The van der Waals surface area contributed by atoms with Crippen molar-refractivity contribution < 1.29 is 0 Å². The number of hydrogen-bond acceptors (Lipinski definition) is 3. The van der Waals surface area contributed by atoms with Gasteiger partial charge in [0.15, 0.2) is 0 Å². The summed E-state index contributed by atoms with van der Waals surface area (Å²) >= 11 is 5.95. The van der Waals surface area contributed by atoms with Gasteiger partial charge in [0, 0.05) is 45.8 Å². The van der Waals surface area contributed by atoms with Gasteiger partial charge in [0.1, 0.15) is 6.07 Å². The predicted octanol–water partition coefficient (Wildman–Crippen LogP) is 6.31. The highest BCUT2D eigenvalue weighted by Crippen LogP contribution is 2.31. The summed E-state index contributed by atoms with van der Waals surface area (Å²) < 4.78 is 0. The Labute approximate surface area is 168 Å². The fraction of sp³-hybridized carbons (Fsp3) is 0.0435. The minimum absolute atomic E-state index is 0.492. The van der Waals surface area contributed by atoms with E-state index in [1.54, 1.807) is 12.4 Å². The van der Waals surface area contributed by atoms with E-state index in [0.717, 1.165) is 39.0 Å². The zero-order chi connectivity index (χ0) is 19.5. The van der Waals surface area contributed by atoms with Crippen molar-refractivity contribution in [3.8, 4) is 6.07 Å². The third kappa shape index (κ3) is 3.48. The molecule has 2 heterocycles. The van der Waals surface area contributed by atoms with Crippen molar-refractivity contribution in [1.82, 2.24) is 9.97 Å². The summed E-state index contributed by atoms with van der Waals surface area (Å²) in [6.45, 7) is 2.06. The molecule has 2 N–H and O–H groups in total. The second-order valence-electron chi connectivity index (χ2n) is 6.45. The van der Waals surface area contributed by atoms with Gasteiger partial charge in [-0.15, -0.1) is 0 Å². The van der Waals surface area contributed by atoms with E-state index in [4.69, 9.17) is 11.6 Å². The van der Waals surface area contributed by atoms with Crippen LogP contribution in [-0.2, 0) is 0 Å². The summed E-state index contributed by atoms with van der Waals surface area (Å²) in [5.41, 5.74) is 6.24. The number of fused-ring (bicyclic) bond motifs is 1. The van der Waals surface area contributed by atoms with Crippen LogP contribution >= 0.6 is 11.6 Å². The Morgan fingerprint density at radius 1 is 1.07 bits per heavy atom. The number of hydrogen-bond donors (Lipinski definition) is 2. The molecule has 0 fully saturated rings. The SMILES string of the molecule is Cc1c(Nc2c(C#N)cncc2C=Cc2ccc(Cl)cc2)ccc2[nH]ccc12. The van der Waals surface area contributed by atoms with Crippen LogP contribution in [0.5, 0.6) is 0 Å². The summed E-state index contributed by atoms with van der Waals surface area (Å²) in [7, 11) is 0. The summed E-state index contributed by atoms with van der Waals surface area (Å²) in [6.07, 6.45) is 9.17. The minimum Gasteiger partial charge on any atom is -0.361 e. The van der Waals surface area contributed by atoms with Crippen molar-refractivity contribution in [2.75, 3.05) is 5.32 Å². The maximum absolute atomic E-state index is 9.57. The van der Waals surface area contributed by atoms with E-state index < -0.39 is 0 Å². The molecule has 0 atom stereocenters. The number of rotatable bonds is 4. The summed E-state index contributed by atoms with van der Waals surface area (Å²) in [4.78, 5) is 7.43. The summed E-state index contributed by atoms with van der Waals surface area (Å²) in [5, 5.41) is 14.9. The smallest absolute Gasteiger partial charge is 0.103 e. The first-order valence-electron chi connectivity index (χ1n) is 8.81. The molecule has 0 unspecified atom stereocenters. The molecule has 0 amide bonds. The number of pyridine rings is 1. The van der Waals surface area contributed by atoms with Gasteiger partial charge in [0.05, 0.1) is 11.3 Å². The van der Waals surface area contributed by atoms with Crippen molar-refractivity contribution in [3.05, 3.63) is 88.3 Å². The minimum atomic E-state index is 0.492. The Balaban J connectivity index is 1.74. The topological polar surface area (TPSA) is 64.5 Å². The number of nitrogens with one attached hydrogen (secondary N) is 2. The fourth-order valence-electron chi connectivity index (χ4n) is 3.14. The lowest BCUT2D eigenvalue weighted by Gasteiger charge is -2.14. The molecule has 2 aromatic heterocycles. The van der Waals surface area contributed by atoms with E-state index >= 15 is 0 Å². The largest absolute Gasteiger partial charge is 0.361 e. The third-order valence-electron chi connectivity index (χ3n) is 4.68. The number of nitriles is 1. The van der Waals surface area contributed by atoms with E-state index in [9.17, 15) is 5.26 Å². The molecule has 0 aliphatic rings. The molecule has 4 aromatic rings. The monoisotopic (exact) mass is 384 g/mol. The first-order chi connectivity index (χ1) is 13.7. The molecule has 0 bridgehead atoms. The van der Waals surface area contributed by atoms with Crippen LogP contribution in [0.25, 0.3) is 23.1 Å². The molecule has 4 rings (SSSR count). The van der Waals surface area contributed by atoms with Gasteiger partial charge in [-0.1, -0.05) is 35.9 Å². The molecular formula is C23H17ClN4. The number of benzene rings is 2. The zero-order valence-corrected chi connectivity index (χ0v) is 16.0. The molecule has 0 saturated carbocycles. The summed E-state index contributed by atoms with van der Waals surface area (Å²) in [6, 6.07) is 15.9. The van der Waals surface area contributed by atoms with Crippen LogP contribution in [0.1, 0.15) is 22.3 Å². The first kappa shape index (κ1) is 17.8. The zero-order valence-electron chi connectivity index (χ0n) is 15.2. The van der Waals surface area contributed by atoms with Crippen LogP contribution < -0.4 is 5.32 Å². The van der Waals surface area contributed by atoms with Crippen molar-refractivity contribution >= 4 is 46.0 Å². The van der Waals surface area contributed by atoms with Gasteiger partial charge in [0.25, 0.3) is 0 Å². The van der Waals surface area contributed by atoms with Crippen molar-refractivity contribution in [2.24, 2.45) is 0 Å². The quantitative estimate of drug-likeness (QED) is 0.433. The predicted molar refractivity (Wildman–Crippen MR) is 116 cm³/mol. The average Bonchev–Trinajstić information content (AvgIpc) is 3.20. The van der Waals surface area contributed by atoms with Gasteiger partial charge in [0.2, 0.25) is 0 Å². The van der Waals surface area contributed by atoms with Crippen molar-refractivity contribution in [3.63, 3.8) is 0 Å². The number of aromatic nitrogens is 2. The number of H-pyrrole nitrogens is 1. The number of aromatic amines is 1. The number of halogens is 1. The van der Waals surface area contributed by atoms with E-state index in [0.29, 0.717) is 10.6 Å². The van der Waals surface area contributed by atoms with Crippen LogP contribution in [0.4, 0.5) is 11.4 Å². The molecule has 5 heteroatoms. The highest BCUT2D eigenvalue weighted by molar-refractivity contribution is 6.30. The van der Waals surface area contributed by atoms with E-state index in [1.165, 1.54) is 0 Å². The first-order valence-corrected chi connectivity index (χ1v) is 9.19. The Morgan fingerprint density at radius 3 is 2.68 bits per heavy atom. The van der Waals surface area contributed by atoms with Gasteiger partial charge in [-0.05, 0) is 48.4 Å². The number of anilines is 2. The van der Waals surface area contributed by atoms with E-state index in [1.807, 2.05) is 54.7 Å². The van der Waals surface area contributed by atoms with Crippen LogP contribution in [0.2, 0.25) is 5.02 Å². The molecule has 28 heavy (non-hydrogen) atoms. The van der Waals surface area contributed by atoms with Crippen LogP contribution in [0, 0.1) is 18.3 Å². The molecule has 0 saturated heterocycles. The van der Waals surface area contributed by atoms with Crippen molar-refractivity contribution in [1.29, 1.82) is 5.26 Å². The van der Waals surface area contributed by atoms with Crippen LogP contribution in [0.3, 0.4) is 0 Å². The van der Waals surface area contributed by atoms with Gasteiger partial charge < -0.3 is 10.3 Å². The van der Waals surface area contributed by atoms with Gasteiger partial charge in [-0.25, -0.2) is 0 Å². The van der Waals surface area contributed by atoms with Crippen LogP contribution in [-0.4, -0.2) is 9.97 Å². The fourth-order valence-corrected chi connectivity index (χ4v) is 3.27. The Kier molecular flexibility index (Phi) is 4.84. The standard InChI is InChI=1S/C23H17ClN4/c1-15-20-10-11-27-22(20)9-8-21(15)28-23-17(13-26-14-18(23)12-25)5-2-16-3-6-19(24)7-4-16/h2-11,13-14,27H,1H3,(H,26,28). The van der Waals surface area contributed by atoms with E-state index in [2.05, 4.69) is 34.3 Å². The van der Waals surface area contributed by atoms with Crippen LogP contribution in [0.15, 0.2) is 61.1 Å². The molecule has 0 spiro atoms. The Bertz CT molecular complexity index is 1210. The Hall–Kier alpha value is -3.55.